The van der Waals surface area contributed by atoms with Crippen LogP contribution < -0.4 is 14.4 Å². The fourth-order valence-electron chi connectivity index (χ4n) is 2.48. The van der Waals surface area contributed by atoms with Crippen molar-refractivity contribution in [3.63, 3.8) is 0 Å². The fraction of sp³-hybridized carbons (Fsp3) is 0.316. The summed E-state index contributed by atoms with van der Waals surface area (Å²) >= 11 is 0. The number of benzene rings is 2. The van der Waals surface area contributed by atoms with Gasteiger partial charge in [0.2, 0.25) is 15.9 Å². The Morgan fingerprint density at radius 3 is 2.23 bits per heavy atom. The Morgan fingerprint density at radius 1 is 1.08 bits per heavy atom. The summed E-state index contributed by atoms with van der Waals surface area (Å²) < 4.78 is 30.5. The molecule has 0 atom stereocenters. The first kappa shape index (κ1) is 19.8. The van der Waals surface area contributed by atoms with E-state index in [0.717, 1.165) is 17.5 Å². The maximum absolute atomic E-state index is 12.1. The molecule has 0 aliphatic rings. The number of hydrogen-bond donors (Lipinski definition) is 1. The van der Waals surface area contributed by atoms with Crippen LogP contribution in [0.1, 0.15) is 18.4 Å². The first-order chi connectivity index (χ1) is 12.3. The minimum absolute atomic E-state index is 0.142. The van der Waals surface area contributed by atoms with Crippen LogP contribution in [0.3, 0.4) is 0 Å². The van der Waals surface area contributed by atoms with E-state index in [4.69, 9.17) is 4.74 Å². The third kappa shape index (κ3) is 5.77. The summed E-state index contributed by atoms with van der Waals surface area (Å²) in [6.45, 7) is 2.21. The average Bonchev–Trinajstić information content (AvgIpc) is 2.60. The molecule has 1 amide bonds. The van der Waals surface area contributed by atoms with Gasteiger partial charge in [-0.2, -0.15) is 0 Å². The van der Waals surface area contributed by atoms with Gasteiger partial charge in [-0.15, -0.1) is 0 Å². The number of carbonyl (C=O) groups is 1. The second-order valence-corrected chi connectivity index (χ2v) is 7.96. The van der Waals surface area contributed by atoms with E-state index < -0.39 is 10.0 Å². The van der Waals surface area contributed by atoms with E-state index in [1.807, 2.05) is 31.2 Å². The molecule has 7 heteroatoms. The zero-order valence-electron chi connectivity index (χ0n) is 15.2. The zero-order chi connectivity index (χ0) is 19.2. The van der Waals surface area contributed by atoms with Crippen LogP contribution in [0.15, 0.2) is 48.5 Å². The molecule has 0 unspecified atom stereocenters. The van der Waals surface area contributed by atoms with Crippen LogP contribution in [-0.4, -0.2) is 34.2 Å². The highest BCUT2D eigenvalue weighted by atomic mass is 32.2. The number of rotatable bonds is 8. The van der Waals surface area contributed by atoms with E-state index >= 15 is 0 Å². The summed E-state index contributed by atoms with van der Waals surface area (Å²) in [5, 5.41) is 2.81. The SMILES string of the molecule is COc1ccc(N(CCCC(=O)Nc2ccc(C)cc2)S(C)(=O)=O)cc1. The van der Waals surface area contributed by atoms with Gasteiger partial charge in [-0.25, -0.2) is 8.42 Å². The van der Waals surface area contributed by atoms with Crippen molar-refractivity contribution in [1.29, 1.82) is 0 Å². The summed E-state index contributed by atoms with van der Waals surface area (Å²) in [7, 11) is -1.89. The van der Waals surface area contributed by atoms with Gasteiger partial charge >= 0.3 is 0 Å². The van der Waals surface area contributed by atoms with Gasteiger partial charge in [-0.3, -0.25) is 9.10 Å². The highest BCUT2D eigenvalue weighted by Crippen LogP contribution is 2.22. The molecule has 0 saturated heterocycles. The van der Waals surface area contributed by atoms with Crippen LogP contribution in [0, 0.1) is 6.92 Å². The molecular formula is C19H24N2O4S. The van der Waals surface area contributed by atoms with E-state index in [0.29, 0.717) is 17.9 Å². The van der Waals surface area contributed by atoms with Crippen molar-refractivity contribution in [2.24, 2.45) is 0 Å². The molecule has 0 saturated carbocycles. The minimum Gasteiger partial charge on any atom is -0.497 e. The summed E-state index contributed by atoms with van der Waals surface area (Å²) in [4.78, 5) is 12.1. The van der Waals surface area contributed by atoms with Gasteiger partial charge in [0.05, 0.1) is 19.1 Å². The number of anilines is 2. The maximum atomic E-state index is 12.1. The van der Waals surface area contributed by atoms with Crippen LogP contribution in [-0.2, 0) is 14.8 Å². The van der Waals surface area contributed by atoms with E-state index in [2.05, 4.69) is 5.32 Å². The van der Waals surface area contributed by atoms with Gasteiger partial charge in [0.15, 0.2) is 0 Å². The molecule has 2 aromatic rings. The molecule has 0 spiro atoms. The topological polar surface area (TPSA) is 75.7 Å². The summed E-state index contributed by atoms with van der Waals surface area (Å²) in [5.74, 6) is 0.511. The number of ether oxygens (including phenoxy) is 1. The largest absolute Gasteiger partial charge is 0.497 e. The molecular weight excluding hydrogens is 352 g/mol. The Kier molecular flexibility index (Phi) is 6.63. The monoisotopic (exact) mass is 376 g/mol. The van der Waals surface area contributed by atoms with Gasteiger partial charge in [-0.05, 0) is 49.7 Å². The molecule has 1 N–H and O–H groups in total. The van der Waals surface area contributed by atoms with Crippen molar-refractivity contribution in [3.05, 3.63) is 54.1 Å². The number of methoxy groups -OCH3 is 1. The van der Waals surface area contributed by atoms with Gasteiger partial charge in [0, 0.05) is 18.7 Å². The number of carbonyl (C=O) groups excluding carboxylic acids is 1. The number of nitrogens with zero attached hydrogens (tertiary/aromatic N) is 1. The van der Waals surface area contributed by atoms with Crippen molar-refractivity contribution >= 4 is 27.3 Å². The van der Waals surface area contributed by atoms with Gasteiger partial charge in [0.25, 0.3) is 0 Å². The standard InChI is InChI=1S/C19H24N2O4S/c1-15-6-8-16(9-7-15)20-19(22)5-4-14-21(26(3,23)24)17-10-12-18(25-2)13-11-17/h6-13H,4-5,14H2,1-3H3,(H,20,22). The Balaban J connectivity index is 1.94. The van der Waals surface area contributed by atoms with E-state index in [9.17, 15) is 13.2 Å². The normalized spacial score (nSPS) is 11.0. The van der Waals surface area contributed by atoms with Crippen molar-refractivity contribution in [1.82, 2.24) is 0 Å². The quantitative estimate of drug-likeness (QED) is 0.768. The first-order valence-corrected chi connectivity index (χ1v) is 10.1. The van der Waals surface area contributed by atoms with Crippen LogP contribution in [0.5, 0.6) is 5.75 Å². The maximum Gasteiger partial charge on any atom is 0.232 e. The molecule has 2 rings (SSSR count). The predicted octanol–water partition coefficient (Wildman–Crippen LogP) is 3.19. The molecule has 0 heterocycles. The number of sulfonamides is 1. The van der Waals surface area contributed by atoms with Crippen molar-refractivity contribution in [3.8, 4) is 5.75 Å². The summed E-state index contributed by atoms with van der Waals surface area (Å²) in [5.41, 5.74) is 2.40. The Morgan fingerprint density at radius 2 is 1.69 bits per heavy atom. The van der Waals surface area contributed by atoms with Crippen molar-refractivity contribution < 1.29 is 17.9 Å². The number of aryl methyl sites for hydroxylation is 1. The van der Waals surface area contributed by atoms with E-state index in [-0.39, 0.29) is 18.9 Å². The lowest BCUT2D eigenvalue weighted by Gasteiger charge is -2.22. The molecule has 0 radical (unpaired) electrons. The Bertz CT molecular complexity index is 831. The lowest BCUT2D eigenvalue weighted by Crippen LogP contribution is -2.31. The fourth-order valence-corrected chi connectivity index (χ4v) is 3.44. The smallest absolute Gasteiger partial charge is 0.232 e. The molecule has 0 aromatic heterocycles. The molecule has 0 aliphatic heterocycles. The minimum atomic E-state index is -3.44. The lowest BCUT2D eigenvalue weighted by atomic mass is 10.2. The molecule has 140 valence electrons. The summed E-state index contributed by atoms with van der Waals surface area (Å²) in [6.07, 6.45) is 1.80. The second kappa shape index (κ2) is 8.71. The average molecular weight is 376 g/mol. The second-order valence-electron chi connectivity index (χ2n) is 6.05. The van der Waals surface area contributed by atoms with Crippen LogP contribution in [0.25, 0.3) is 0 Å². The van der Waals surface area contributed by atoms with Gasteiger partial charge in [0.1, 0.15) is 5.75 Å². The van der Waals surface area contributed by atoms with Gasteiger partial charge < -0.3 is 10.1 Å². The molecule has 6 nitrogen and oxygen atoms in total. The van der Waals surface area contributed by atoms with Gasteiger partial charge in [-0.1, -0.05) is 17.7 Å². The Labute approximate surface area is 154 Å². The number of nitrogens with one attached hydrogen (secondary N) is 1. The zero-order valence-corrected chi connectivity index (χ0v) is 16.0. The van der Waals surface area contributed by atoms with Crippen molar-refractivity contribution in [2.45, 2.75) is 19.8 Å². The van der Waals surface area contributed by atoms with Crippen LogP contribution in [0.4, 0.5) is 11.4 Å². The highest BCUT2D eigenvalue weighted by Gasteiger charge is 2.17. The van der Waals surface area contributed by atoms with E-state index in [1.165, 1.54) is 4.31 Å². The predicted molar refractivity (Wildman–Crippen MR) is 104 cm³/mol. The Hall–Kier alpha value is -2.54. The first-order valence-electron chi connectivity index (χ1n) is 8.28. The van der Waals surface area contributed by atoms with Crippen LogP contribution >= 0.6 is 0 Å². The number of hydrogen-bond acceptors (Lipinski definition) is 4. The molecule has 26 heavy (non-hydrogen) atoms. The third-order valence-corrected chi connectivity index (χ3v) is 5.06. The number of amides is 1. The highest BCUT2D eigenvalue weighted by molar-refractivity contribution is 7.92. The molecule has 0 fully saturated rings. The van der Waals surface area contributed by atoms with Crippen LogP contribution in [0.2, 0.25) is 0 Å². The molecule has 2 aromatic carbocycles. The third-order valence-electron chi connectivity index (χ3n) is 3.86. The lowest BCUT2D eigenvalue weighted by molar-refractivity contribution is -0.116. The van der Waals surface area contributed by atoms with E-state index in [1.54, 1.807) is 31.4 Å². The van der Waals surface area contributed by atoms with Crippen molar-refractivity contribution in [2.75, 3.05) is 29.5 Å². The molecule has 0 aliphatic carbocycles. The molecule has 0 bridgehead atoms. The summed E-state index contributed by atoms with van der Waals surface area (Å²) in [6, 6.07) is 14.3.